The quantitative estimate of drug-likeness (QED) is 0.390. The first kappa shape index (κ1) is 25.7. The zero-order valence-corrected chi connectivity index (χ0v) is 18.1. The molecule has 0 bridgehead atoms. The van der Waals surface area contributed by atoms with Gasteiger partial charge >= 0.3 is 23.9 Å². The number of ether oxygens (including phenoxy) is 1. The van der Waals surface area contributed by atoms with Gasteiger partial charge in [-0.1, -0.05) is 6.58 Å². The molecule has 0 spiro atoms. The van der Waals surface area contributed by atoms with Crippen molar-refractivity contribution in [3.05, 3.63) is 12.3 Å². The third kappa shape index (κ3) is 9.30. The normalized spacial score (nSPS) is 23.7. The third-order valence-corrected chi connectivity index (χ3v) is 5.59. The molecule has 180 valence electrons. The summed E-state index contributed by atoms with van der Waals surface area (Å²) in [6, 6.07) is -0.159. The summed E-state index contributed by atoms with van der Waals surface area (Å²) in [6.45, 7) is 6.32. The average molecular weight is 456 g/mol. The molecule has 2 aliphatic rings. The van der Waals surface area contributed by atoms with Crippen molar-refractivity contribution in [1.29, 1.82) is 0 Å². The standard InChI is InChI=1S/C20H32N4O8/c1-15-10-16(11-20(31)32-15)24-8-6-22(13-18(27)28)4-2-21(12-17(25)26)3-5-23(7-9-24)14-19(29)30/h16H,1-14H2,(H,25,26)(H,27,28)(H,29,30). The number of carbonyl (C=O) groups is 4. The van der Waals surface area contributed by atoms with Gasteiger partial charge in [0.15, 0.2) is 0 Å². The Morgan fingerprint density at radius 1 is 0.750 bits per heavy atom. The molecule has 2 rings (SSSR count). The second kappa shape index (κ2) is 12.5. The van der Waals surface area contributed by atoms with Crippen LogP contribution >= 0.6 is 0 Å². The zero-order valence-electron chi connectivity index (χ0n) is 18.1. The number of nitrogens with zero attached hydrogens (tertiary/aromatic N) is 4. The molecule has 2 aliphatic heterocycles. The van der Waals surface area contributed by atoms with Crippen molar-refractivity contribution in [3.8, 4) is 0 Å². The number of hydrogen-bond donors (Lipinski definition) is 3. The summed E-state index contributed by atoms with van der Waals surface area (Å²) in [6.07, 6.45) is 0.652. The van der Waals surface area contributed by atoms with Crippen LogP contribution in [0, 0.1) is 0 Å². The van der Waals surface area contributed by atoms with Gasteiger partial charge in [-0.3, -0.25) is 38.8 Å². The van der Waals surface area contributed by atoms with E-state index in [-0.39, 0.29) is 38.1 Å². The monoisotopic (exact) mass is 456 g/mol. The number of aliphatic carboxylic acids is 3. The van der Waals surface area contributed by atoms with E-state index in [9.17, 15) is 34.5 Å². The van der Waals surface area contributed by atoms with Gasteiger partial charge < -0.3 is 20.1 Å². The Morgan fingerprint density at radius 2 is 1.12 bits per heavy atom. The SMILES string of the molecule is C=C1CC(N2CCN(CC(=O)O)CCN(CC(=O)O)CCN(CC(=O)O)CC2)CC(=O)O1. The third-order valence-electron chi connectivity index (χ3n) is 5.59. The molecule has 2 saturated heterocycles. The van der Waals surface area contributed by atoms with Crippen molar-refractivity contribution in [3.63, 3.8) is 0 Å². The number of hydrogen-bond acceptors (Lipinski definition) is 9. The molecule has 3 N–H and O–H groups in total. The Morgan fingerprint density at radius 3 is 1.47 bits per heavy atom. The number of esters is 1. The molecule has 0 aliphatic carbocycles. The number of rotatable bonds is 7. The minimum absolute atomic E-state index is 0.159. The molecule has 0 saturated carbocycles. The molecule has 0 amide bonds. The Kier molecular flexibility index (Phi) is 10.0. The Labute approximate surface area is 186 Å². The first-order valence-electron chi connectivity index (χ1n) is 10.6. The van der Waals surface area contributed by atoms with Gasteiger partial charge in [0.05, 0.1) is 26.1 Å². The number of carbonyl (C=O) groups excluding carboxylic acids is 1. The van der Waals surface area contributed by atoms with Crippen molar-refractivity contribution < 1.29 is 39.2 Å². The van der Waals surface area contributed by atoms with Gasteiger partial charge in [-0.2, -0.15) is 0 Å². The van der Waals surface area contributed by atoms with E-state index in [0.717, 1.165) is 0 Å². The van der Waals surface area contributed by atoms with E-state index in [4.69, 9.17) is 4.74 Å². The van der Waals surface area contributed by atoms with Crippen molar-refractivity contribution in [2.75, 3.05) is 72.0 Å². The molecule has 0 aromatic heterocycles. The first-order valence-corrected chi connectivity index (χ1v) is 10.6. The summed E-state index contributed by atoms with van der Waals surface area (Å²) < 4.78 is 5.05. The molecule has 12 nitrogen and oxygen atoms in total. The Bertz CT molecular complexity index is 668. The molecule has 0 aromatic rings. The maximum Gasteiger partial charge on any atom is 0.317 e. The van der Waals surface area contributed by atoms with Gasteiger partial charge in [0.25, 0.3) is 0 Å². The van der Waals surface area contributed by atoms with Crippen molar-refractivity contribution in [1.82, 2.24) is 19.6 Å². The van der Waals surface area contributed by atoms with Gasteiger partial charge in [0, 0.05) is 64.8 Å². The van der Waals surface area contributed by atoms with Crippen LogP contribution in [0.3, 0.4) is 0 Å². The van der Waals surface area contributed by atoms with Crippen LogP contribution in [0.2, 0.25) is 0 Å². The molecule has 2 heterocycles. The lowest BCUT2D eigenvalue weighted by atomic mass is 10.0. The van der Waals surface area contributed by atoms with Crippen LogP contribution in [0.1, 0.15) is 12.8 Å². The fourth-order valence-electron chi connectivity index (χ4n) is 4.00. The van der Waals surface area contributed by atoms with E-state index in [2.05, 4.69) is 11.5 Å². The van der Waals surface area contributed by atoms with Crippen molar-refractivity contribution in [2.24, 2.45) is 0 Å². The van der Waals surface area contributed by atoms with Crippen LogP contribution in [-0.2, 0) is 23.9 Å². The van der Waals surface area contributed by atoms with E-state index in [0.29, 0.717) is 64.5 Å². The minimum Gasteiger partial charge on any atom is -0.480 e. The van der Waals surface area contributed by atoms with Crippen molar-refractivity contribution in [2.45, 2.75) is 18.9 Å². The molecule has 12 heteroatoms. The van der Waals surface area contributed by atoms with Crippen molar-refractivity contribution >= 4 is 23.9 Å². The number of carboxylic acids is 3. The van der Waals surface area contributed by atoms with E-state index in [1.54, 1.807) is 14.7 Å². The fraction of sp³-hybridized carbons (Fsp3) is 0.700. The van der Waals surface area contributed by atoms with E-state index in [1.807, 2.05) is 0 Å². The molecule has 32 heavy (non-hydrogen) atoms. The van der Waals surface area contributed by atoms with Crippen LogP contribution in [0.15, 0.2) is 12.3 Å². The van der Waals surface area contributed by atoms with Gasteiger partial charge in [-0.25, -0.2) is 0 Å². The molecule has 2 fully saturated rings. The van der Waals surface area contributed by atoms with Crippen LogP contribution < -0.4 is 0 Å². The summed E-state index contributed by atoms with van der Waals surface area (Å²) >= 11 is 0. The van der Waals surface area contributed by atoms with Gasteiger partial charge in [-0.15, -0.1) is 0 Å². The predicted octanol–water partition coefficient (Wildman–Crippen LogP) is -1.32. The molecular formula is C20H32N4O8. The second-order valence-corrected chi connectivity index (χ2v) is 8.12. The lowest BCUT2D eigenvalue weighted by molar-refractivity contribution is -0.144. The van der Waals surface area contributed by atoms with Gasteiger partial charge in [-0.05, 0) is 0 Å². The highest BCUT2D eigenvalue weighted by atomic mass is 16.5. The molecular weight excluding hydrogens is 424 g/mol. The van der Waals surface area contributed by atoms with Crippen LogP contribution in [0.25, 0.3) is 0 Å². The van der Waals surface area contributed by atoms with Crippen LogP contribution in [0.4, 0.5) is 0 Å². The van der Waals surface area contributed by atoms with E-state index in [1.165, 1.54) is 0 Å². The Balaban J connectivity index is 2.18. The van der Waals surface area contributed by atoms with Crippen LogP contribution in [-0.4, -0.2) is 137 Å². The lowest BCUT2D eigenvalue weighted by Crippen LogP contribution is -2.51. The zero-order chi connectivity index (χ0) is 23.7. The predicted molar refractivity (Wildman–Crippen MR) is 112 cm³/mol. The van der Waals surface area contributed by atoms with Gasteiger partial charge in [0.1, 0.15) is 5.76 Å². The summed E-state index contributed by atoms with van der Waals surface area (Å²) in [5.74, 6) is -2.94. The second-order valence-electron chi connectivity index (χ2n) is 8.12. The lowest BCUT2D eigenvalue weighted by Gasteiger charge is -2.37. The number of carboxylic acid groups (broad SMARTS) is 3. The number of cyclic esters (lactones) is 1. The average Bonchev–Trinajstić information content (AvgIpc) is 2.66. The molecule has 0 radical (unpaired) electrons. The maximum atomic E-state index is 11.9. The highest BCUT2D eigenvalue weighted by Gasteiger charge is 2.30. The van der Waals surface area contributed by atoms with E-state index >= 15 is 0 Å². The van der Waals surface area contributed by atoms with Gasteiger partial charge in [0.2, 0.25) is 0 Å². The summed E-state index contributed by atoms with van der Waals surface area (Å²) in [4.78, 5) is 53.0. The van der Waals surface area contributed by atoms with Crippen LogP contribution in [0.5, 0.6) is 0 Å². The molecule has 0 aromatic carbocycles. The molecule has 1 atom stereocenters. The Hall–Kier alpha value is -2.54. The first-order chi connectivity index (χ1) is 15.1. The minimum atomic E-state index is -0.998. The summed E-state index contributed by atoms with van der Waals surface area (Å²) in [5, 5.41) is 27.7. The largest absolute Gasteiger partial charge is 0.480 e. The smallest absolute Gasteiger partial charge is 0.317 e. The van der Waals surface area contributed by atoms with E-state index < -0.39 is 17.9 Å². The highest BCUT2D eigenvalue weighted by molar-refractivity contribution is 5.72. The summed E-state index contributed by atoms with van der Waals surface area (Å²) in [5.41, 5.74) is 0. The molecule has 1 unspecified atom stereocenters. The summed E-state index contributed by atoms with van der Waals surface area (Å²) in [7, 11) is 0. The highest BCUT2D eigenvalue weighted by Crippen LogP contribution is 2.22. The fourth-order valence-corrected chi connectivity index (χ4v) is 4.00. The topological polar surface area (TPSA) is 151 Å². The maximum absolute atomic E-state index is 11.9.